The number of nitrogens with one attached hydrogen (secondary N) is 2. The number of hydrazine groups is 1. The molecule has 8 heteroatoms. The van der Waals surface area contributed by atoms with Crippen molar-refractivity contribution in [2.75, 3.05) is 6.61 Å². The van der Waals surface area contributed by atoms with Crippen LogP contribution in [0, 0.1) is 0 Å². The molecule has 1 aliphatic rings. The van der Waals surface area contributed by atoms with Crippen molar-refractivity contribution in [3.63, 3.8) is 0 Å². The van der Waals surface area contributed by atoms with Gasteiger partial charge < -0.3 is 25.2 Å². The molecular weight excluding hydrogens is 292 g/mol. The smallest absolute Gasteiger partial charge is 0.238 e. The van der Waals surface area contributed by atoms with E-state index in [1.54, 1.807) is 12.1 Å². The number of hydrogen-bond acceptors (Lipinski definition) is 7. The van der Waals surface area contributed by atoms with Gasteiger partial charge in [0.25, 0.3) is 0 Å². The first-order valence-corrected chi connectivity index (χ1v) is 6.91. The first-order valence-electron chi connectivity index (χ1n) is 6.91. The van der Waals surface area contributed by atoms with Crippen molar-refractivity contribution in [1.82, 2.24) is 10.9 Å². The summed E-state index contributed by atoms with van der Waals surface area (Å²) in [5.74, 6) is -0.358. The van der Waals surface area contributed by atoms with Crippen molar-refractivity contribution >= 4 is 5.91 Å². The van der Waals surface area contributed by atoms with Crippen LogP contribution >= 0.6 is 0 Å². The SMILES string of the molecule is O=C(Cc1ccccc1)NNC1OC(CO)C(O)C(O)C1O. The average Bonchev–Trinajstić information content (AvgIpc) is 2.53. The molecule has 1 fully saturated rings. The Balaban J connectivity index is 1.86. The van der Waals surface area contributed by atoms with Gasteiger partial charge in [0, 0.05) is 0 Å². The number of amides is 1. The Labute approximate surface area is 127 Å². The first-order chi connectivity index (χ1) is 10.5. The van der Waals surface area contributed by atoms with Gasteiger partial charge in [-0.1, -0.05) is 30.3 Å². The molecule has 2 rings (SSSR count). The van der Waals surface area contributed by atoms with Crippen LogP contribution in [0.3, 0.4) is 0 Å². The summed E-state index contributed by atoms with van der Waals surface area (Å²) >= 11 is 0. The quantitative estimate of drug-likeness (QED) is 0.336. The molecule has 1 aliphatic heterocycles. The largest absolute Gasteiger partial charge is 0.394 e. The fourth-order valence-corrected chi connectivity index (χ4v) is 2.20. The van der Waals surface area contributed by atoms with Gasteiger partial charge in [0.1, 0.15) is 24.4 Å². The molecule has 0 aromatic heterocycles. The number of aliphatic hydroxyl groups is 4. The topological polar surface area (TPSA) is 131 Å². The average molecular weight is 312 g/mol. The zero-order valence-corrected chi connectivity index (χ0v) is 11.8. The van der Waals surface area contributed by atoms with E-state index in [0.717, 1.165) is 5.56 Å². The predicted molar refractivity (Wildman–Crippen MR) is 75.2 cm³/mol. The second-order valence-electron chi connectivity index (χ2n) is 5.10. The minimum atomic E-state index is -1.49. The van der Waals surface area contributed by atoms with Crippen LogP contribution in [0.4, 0.5) is 0 Å². The fraction of sp³-hybridized carbons (Fsp3) is 0.500. The maximum absolute atomic E-state index is 11.8. The molecule has 0 radical (unpaired) electrons. The molecule has 122 valence electrons. The molecule has 0 aliphatic carbocycles. The molecule has 5 unspecified atom stereocenters. The number of rotatable bonds is 5. The molecular formula is C14H20N2O6. The van der Waals surface area contributed by atoms with Gasteiger partial charge in [-0.15, -0.1) is 0 Å². The first kappa shape index (κ1) is 16.8. The maximum atomic E-state index is 11.8. The Morgan fingerprint density at radius 3 is 2.41 bits per heavy atom. The minimum absolute atomic E-state index is 0.130. The minimum Gasteiger partial charge on any atom is -0.394 e. The third kappa shape index (κ3) is 4.01. The van der Waals surface area contributed by atoms with Crippen LogP contribution < -0.4 is 10.9 Å². The van der Waals surface area contributed by atoms with Gasteiger partial charge >= 0.3 is 0 Å². The number of carbonyl (C=O) groups is 1. The molecule has 22 heavy (non-hydrogen) atoms. The maximum Gasteiger partial charge on any atom is 0.238 e. The Morgan fingerprint density at radius 1 is 1.09 bits per heavy atom. The van der Waals surface area contributed by atoms with Crippen molar-refractivity contribution in [1.29, 1.82) is 0 Å². The summed E-state index contributed by atoms with van der Waals surface area (Å²) in [6.07, 6.45) is -6.41. The van der Waals surface area contributed by atoms with Crippen LogP contribution in [0.2, 0.25) is 0 Å². The van der Waals surface area contributed by atoms with Crippen molar-refractivity contribution in [3.05, 3.63) is 35.9 Å². The Bertz CT molecular complexity index is 483. The molecule has 0 spiro atoms. The number of ether oxygens (including phenoxy) is 1. The highest BCUT2D eigenvalue weighted by Gasteiger charge is 2.43. The highest BCUT2D eigenvalue weighted by molar-refractivity contribution is 5.78. The van der Waals surface area contributed by atoms with E-state index in [1.807, 2.05) is 18.2 Å². The molecule has 1 amide bonds. The number of aliphatic hydroxyl groups excluding tert-OH is 4. The fourth-order valence-electron chi connectivity index (χ4n) is 2.20. The second-order valence-corrected chi connectivity index (χ2v) is 5.10. The highest BCUT2D eigenvalue weighted by Crippen LogP contribution is 2.19. The van der Waals surface area contributed by atoms with Gasteiger partial charge in [0.15, 0.2) is 6.23 Å². The van der Waals surface area contributed by atoms with Gasteiger partial charge in [-0.3, -0.25) is 10.2 Å². The molecule has 1 aromatic carbocycles. The van der Waals surface area contributed by atoms with Crippen LogP contribution in [0.15, 0.2) is 30.3 Å². The van der Waals surface area contributed by atoms with Crippen molar-refractivity contribution in [2.45, 2.75) is 37.1 Å². The van der Waals surface area contributed by atoms with Gasteiger partial charge in [-0.2, -0.15) is 0 Å². The van der Waals surface area contributed by atoms with E-state index in [0.29, 0.717) is 0 Å². The second kappa shape index (κ2) is 7.63. The zero-order valence-electron chi connectivity index (χ0n) is 11.8. The van der Waals surface area contributed by atoms with Gasteiger partial charge in [0.2, 0.25) is 5.91 Å². The summed E-state index contributed by atoms with van der Waals surface area (Å²) < 4.78 is 5.20. The number of carbonyl (C=O) groups excluding carboxylic acids is 1. The van der Waals surface area contributed by atoms with E-state index < -0.39 is 37.3 Å². The highest BCUT2D eigenvalue weighted by atomic mass is 16.6. The summed E-state index contributed by atoms with van der Waals surface area (Å²) in [5.41, 5.74) is 5.63. The zero-order chi connectivity index (χ0) is 16.1. The predicted octanol–water partition coefficient (Wildman–Crippen LogP) is -2.35. The Hall–Kier alpha value is -1.55. The summed E-state index contributed by atoms with van der Waals surface area (Å²) in [6.45, 7) is -0.527. The Kier molecular flexibility index (Phi) is 5.83. The monoisotopic (exact) mass is 312 g/mol. The van der Waals surface area contributed by atoms with Gasteiger partial charge in [-0.25, -0.2) is 5.43 Å². The van der Waals surface area contributed by atoms with Crippen LogP contribution in [0.25, 0.3) is 0 Å². The molecule has 6 N–H and O–H groups in total. The molecule has 8 nitrogen and oxygen atoms in total. The van der Waals surface area contributed by atoms with Crippen LogP contribution in [0.5, 0.6) is 0 Å². The van der Waals surface area contributed by atoms with Crippen LogP contribution in [-0.4, -0.2) is 63.6 Å². The van der Waals surface area contributed by atoms with Gasteiger partial charge in [-0.05, 0) is 5.56 Å². The number of hydrogen-bond donors (Lipinski definition) is 6. The van der Waals surface area contributed by atoms with Crippen LogP contribution in [0.1, 0.15) is 5.56 Å². The normalized spacial score (nSPS) is 31.7. The lowest BCUT2D eigenvalue weighted by atomic mass is 9.99. The molecule has 1 aromatic rings. The third-order valence-corrected chi connectivity index (χ3v) is 3.45. The van der Waals surface area contributed by atoms with Crippen molar-refractivity contribution in [2.24, 2.45) is 0 Å². The lowest BCUT2D eigenvalue weighted by Crippen LogP contribution is -2.64. The van der Waals surface area contributed by atoms with Crippen molar-refractivity contribution < 1.29 is 30.0 Å². The van der Waals surface area contributed by atoms with Gasteiger partial charge in [0.05, 0.1) is 13.0 Å². The van der Waals surface area contributed by atoms with E-state index in [1.165, 1.54) is 0 Å². The summed E-state index contributed by atoms with van der Waals surface area (Å²) in [5, 5.41) is 38.1. The van der Waals surface area contributed by atoms with E-state index in [4.69, 9.17) is 9.84 Å². The molecule has 1 heterocycles. The lowest BCUT2D eigenvalue weighted by Gasteiger charge is -2.40. The van der Waals surface area contributed by atoms with E-state index in [-0.39, 0.29) is 12.3 Å². The van der Waals surface area contributed by atoms with Crippen molar-refractivity contribution in [3.8, 4) is 0 Å². The molecule has 0 saturated carbocycles. The third-order valence-electron chi connectivity index (χ3n) is 3.45. The molecule has 1 saturated heterocycles. The summed E-state index contributed by atoms with van der Waals surface area (Å²) in [4.78, 5) is 11.8. The molecule has 5 atom stereocenters. The summed E-state index contributed by atoms with van der Waals surface area (Å²) in [7, 11) is 0. The van der Waals surface area contributed by atoms with Crippen LogP contribution in [-0.2, 0) is 16.0 Å². The van der Waals surface area contributed by atoms with E-state index in [9.17, 15) is 20.1 Å². The molecule has 0 bridgehead atoms. The number of benzene rings is 1. The van der Waals surface area contributed by atoms with E-state index >= 15 is 0 Å². The standard InChI is InChI=1S/C14H20N2O6/c17-7-9-11(19)12(20)13(21)14(22-9)16-15-10(18)6-8-4-2-1-3-5-8/h1-5,9,11-14,16-17,19-21H,6-7H2,(H,15,18). The summed E-state index contributed by atoms with van der Waals surface area (Å²) in [6, 6.07) is 9.07. The lowest BCUT2D eigenvalue weighted by molar-refractivity contribution is -0.238. The Morgan fingerprint density at radius 2 is 1.77 bits per heavy atom. The van der Waals surface area contributed by atoms with E-state index in [2.05, 4.69) is 10.9 Å².